The number of aromatic nitrogens is 1. The molecule has 1 amide bonds. The fourth-order valence-corrected chi connectivity index (χ4v) is 2.59. The zero-order valence-electron chi connectivity index (χ0n) is 12.8. The van der Waals surface area contributed by atoms with Crippen LogP contribution in [-0.4, -0.2) is 60.6 Å². The summed E-state index contributed by atoms with van der Waals surface area (Å²) in [5.41, 5.74) is 5.47. The molecule has 1 fully saturated rings. The van der Waals surface area contributed by atoms with Crippen LogP contribution in [0.2, 0.25) is 0 Å². The highest BCUT2D eigenvalue weighted by Crippen LogP contribution is 2.12. The van der Waals surface area contributed by atoms with E-state index in [-0.39, 0.29) is 18.0 Å². The second-order valence-electron chi connectivity index (χ2n) is 5.75. The van der Waals surface area contributed by atoms with Gasteiger partial charge in [-0.3, -0.25) is 9.69 Å². The summed E-state index contributed by atoms with van der Waals surface area (Å²) in [6.45, 7) is 8.39. The number of anilines is 1. The number of nitrogens with zero attached hydrogens (tertiary/aromatic N) is 3. The Morgan fingerprint density at radius 3 is 2.57 bits per heavy atom. The normalized spacial score (nSPS) is 18.0. The molecule has 21 heavy (non-hydrogen) atoms. The van der Waals surface area contributed by atoms with Crippen LogP contribution in [0.15, 0.2) is 24.4 Å². The number of carbonyl (C=O) groups excluding carboxylic acids is 1. The second kappa shape index (κ2) is 7.38. The van der Waals surface area contributed by atoms with Gasteiger partial charge in [0, 0.05) is 45.0 Å². The maximum Gasteiger partial charge on any atom is 0.235 e. The largest absolute Gasteiger partial charge is 0.368 e. The number of piperazine rings is 1. The van der Waals surface area contributed by atoms with Crippen LogP contribution in [0, 0.1) is 0 Å². The Kier molecular flexibility index (Phi) is 5.52. The molecular weight excluding hydrogens is 266 g/mol. The van der Waals surface area contributed by atoms with Crippen molar-refractivity contribution in [2.24, 2.45) is 5.73 Å². The highest BCUT2D eigenvalue weighted by atomic mass is 16.1. The number of hydrogen-bond acceptors (Lipinski definition) is 5. The van der Waals surface area contributed by atoms with Gasteiger partial charge in [-0.1, -0.05) is 19.9 Å². The van der Waals surface area contributed by atoms with Gasteiger partial charge in [0.25, 0.3) is 0 Å². The van der Waals surface area contributed by atoms with Gasteiger partial charge in [0.15, 0.2) is 0 Å². The van der Waals surface area contributed by atoms with Gasteiger partial charge in [-0.2, -0.15) is 0 Å². The van der Waals surface area contributed by atoms with Crippen molar-refractivity contribution in [2.45, 2.75) is 25.9 Å². The zero-order chi connectivity index (χ0) is 15.2. The molecule has 2 heterocycles. The van der Waals surface area contributed by atoms with Crippen LogP contribution in [-0.2, 0) is 4.79 Å². The Balaban J connectivity index is 1.84. The Bertz CT molecular complexity index is 443. The summed E-state index contributed by atoms with van der Waals surface area (Å²) in [6.07, 6.45) is 1.82. The zero-order valence-corrected chi connectivity index (χ0v) is 12.8. The lowest BCUT2D eigenvalue weighted by molar-refractivity contribution is -0.120. The predicted molar refractivity (Wildman–Crippen MR) is 84.1 cm³/mol. The van der Waals surface area contributed by atoms with Gasteiger partial charge in [-0.05, 0) is 12.1 Å². The van der Waals surface area contributed by atoms with Crippen molar-refractivity contribution in [3.8, 4) is 0 Å². The predicted octanol–water partition coefficient (Wildman–Crippen LogP) is 0.0555. The summed E-state index contributed by atoms with van der Waals surface area (Å²) in [4.78, 5) is 20.4. The van der Waals surface area contributed by atoms with Crippen molar-refractivity contribution in [1.29, 1.82) is 0 Å². The van der Waals surface area contributed by atoms with Crippen LogP contribution in [0.5, 0.6) is 0 Å². The second-order valence-corrected chi connectivity index (χ2v) is 5.75. The van der Waals surface area contributed by atoms with E-state index in [1.165, 1.54) is 0 Å². The van der Waals surface area contributed by atoms with Crippen LogP contribution >= 0.6 is 0 Å². The first-order valence-electron chi connectivity index (χ1n) is 7.50. The first-order valence-corrected chi connectivity index (χ1v) is 7.50. The fourth-order valence-electron chi connectivity index (χ4n) is 2.59. The SMILES string of the molecule is CC(C)NC(CN1CCN(c2ccccn2)CC1)C(N)=O. The number of nitrogens with two attached hydrogens (primary N) is 1. The van der Waals surface area contributed by atoms with Crippen LogP contribution in [0.3, 0.4) is 0 Å². The van der Waals surface area contributed by atoms with Gasteiger partial charge in [-0.15, -0.1) is 0 Å². The van der Waals surface area contributed by atoms with Crippen LogP contribution in [0.4, 0.5) is 5.82 Å². The summed E-state index contributed by atoms with van der Waals surface area (Å²) in [5.74, 6) is 0.736. The molecule has 0 aliphatic carbocycles. The molecule has 6 nitrogen and oxygen atoms in total. The number of nitrogens with one attached hydrogen (secondary N) is 1. The van der Waals surface area contributed by atoms with Crippen LogP contribution in [0.25, 0.3) is 0 Å². The molecule has 0 saturated carbocycles. The van der Waals surface area contributed by atoms with E-state index < -0.39 is 0 Å². The number of primary amides is 1. The molecule has 0 spiro atoms. The van der Waals surface area contributed by atoms with Gasteiger partial charge in [0.1, 0.15) is 5.82 Å². The third-order valence-corrected chi connectivity index (χ3v) is 3.66. The quantitative estimate of drug-likeness (QED) is 0.775. The minimum Gasteiger partial charge on any atom is -0.368 e. The molecule has 0 bridgehead atoms. The van der Waals surface area contributed by atoms with Crippen molar-refractivity contribution in [3.05, 3.63) is 24.4 Å². The van der Waals surface area contributed by atoms with E-state index in [0.717, 1.165) is 32.0 Å². The topological polar surface area (TPSA) is 74.5 Å². The summed E-state index contributed by atoms with van der Waals surface area (Å²) < 4.78 is 0. The summed E-state index contributed by atoms with van der Waals surface area (Å²) in [5, 5.41) is 3.23. The van der Waals surface area contributed by atoms with Crippen molar-refractivity contribution in [1.82, 2.24) is 15.2 Å². The molecule has 116 valence electrons. The van der Waals surface area contributed by atoms with Crippen molar-refractivity contribution in [3.63, 3.8) is 0 Å². The van der Waals surface area contributed by atoms with Crippen LogP contribution in [0.1, 0.15) is 13.8 Å². The average Bonchev–Trinajstić information content (AvgIpc) is 2.48. The van der Waals surface area contributed by atoms with E-state index in [0.29, 0.717) is 6.54 Å². The minimum atomic E-state index is -0.286. The summed E-state index contributed by atoms with van der Waals surface area (Å²) in [6, 6.07) is 5.92. The molecule has 3 N–H and O–H groups in total. The van der Waals surface area contributed by atoms with Crippen molar-refractivity contribution < 1.29 is 4.79 Å². The molecule has 1 saturated heterocycles. The monoisotopic (exact) mass is 291 g/mol. The molecule has 1 aliphatic heterocycles. The van der Waals surface area contributed by atoms with Gasteiger partial charge >= 0.3 is 0 Å². The fraction of sp³-hybridized carbons (Fsp3) is 0.600. The molecule has 1 unspecified atom stereocenters. The number of hydrogen-bond donors (Lipinski definition) is 2. The first-order chi connectivity index (χ1) is 10.1. The van der Waals surface area contributed by atoms with E-state index in [4.69, 9.17) is 5.73 Å². The molecule has 1 aromatic rings. The Labute approximate surface area is 126 Å². The van der Waals surface area contributed by atoms with Gasteiger partial charge in [0.05, 0.1) is 6.04 Å². The standard InChI is InChI=1S/C15H25N5O/c1-12(2)18-13(15(16)21)11-19-7-9-20(10-8-19)14-5-3-4-6-17-14/h3-6,12-13,18H,7-11H2,1-2H3,(H2,16,21). The lowest BCUT2D eigenvalue weighted by Gasteiger charge is -2.36. The number of carbonyl (C=O) groups is 1. The Hall–Kier alpha value is -1.66. The minimum absolute atomic E-state index is 0.248. The smallest absolute Gasteiger partial charge is 0.235 e. The Morgan fingerprint density at radius 2 is 2.05 bits per heavy atom. The molecular formula is C15H25N5O. The Morgan fingerprint density at radius 1 is 1.33 bits per heavy atom. The summed E-state index contributed by atoms with van der Waals surface area (Å²) >= 11 is 0. The molecule has 1 aromatic heterocycles. The lowest BCUT2D eigenvalue weighted by Crippen LogP contribution is -2.55. The van der Waals surface area contributed by atoms with Gasteiger partial charge < -0.3 is 16.0 Å². The molecule has 2 rings (SSSR count). The van der Waals surface area contributed by atoms with Gasteiger partial charge in [-0.25, -0.2) is 4.98 Å². The molecule has 0 aromatic carbocycles. The summed E-state index contributed by atoms with van der Waals surface area (Å²) in [7, 11) is 0. The molecule has 0 radical (unpaired) electrons. The maximum absolute atomic E-state index is 11.5. The van der Waals surface area contributed by atoms with Crippen molar-refractivity contribution in [2.75, 3.05) is 37.6 Å². The molecule has 6 heteroatoms. The third kappa shape index (κ3) is 4.68. The first kappa shape index (κ1) is 15.7. The van der Waals surface area contributed by atoms with E-state index >= 15 is 0 Å². The van der Waals surface area contributed by atoms with E-state index in [1.807, 2.05) is 38.2 Å². The number of rotatable bonds is 6. The molecule has 1 aliphatic rings. The lowest BCUT2D eigenvalue weighted by atomic mass is 10.2. The van der Waals surface area contributed by atoms with E-state index in [9.17, 15) is 4.79 Å². The van der Waals surface area contributed by atoms with Crippen LogP contribution < -0.4 is 16.0 Å². The highest BCUT2D eigenvalue weighted by Gasteiger charge is 2.23. The maximum atomic E-state index is 11.5. The molecule has 1 atom stereocenters. The van der Waals surface area contributed by atoms with E-state index in [2.05, 4.69) is 20.1 Å². The van der Waals surface area contributed by atoms with Crippen molar-refractivity contribution >= 4 is 11.7 Å². The van der Waals surface area contributed by atoms with E-state index in [1.54, 1.807) is 0 Å². The number of pyridine rings is 1. The third-order valence-electron chi connectivity index (χ3n) is 3.66. The highest BCUT2D eigenvalue weighted by molar-refractivity contribution is 5.80. The average molecular weight is 291 g/mol. The van der Waals surface area contributed by atoms with Gasteiger partial charge in [0.2, 0.25) is 5.91 Å². The number of amides is 1.